The Labute approximate surface area is 183 Å². The number of aromatic nitrogens is 2. The van der Waals surface area contributed by atoms with Crippen LogP contribution >= 0.6 is 0 Å². The van der Waals surface area contributed by atoms with Crippen molar-refractivity contribution in [2.75, 3.05) is 13.1 Å². The Balaban J connectivity index is 1.74. The third-order valence-corrected chi connectivity index (χ3v) is 5.93. The molecule has 0 unspecified atom stereocenters. The number of hydrogen-bond donors (Lipinski definition) is 0. The largest absolute Gasteiger partial charge is 0.294 e. The summed E-state index contributed by atoms with van der Waals surface area (Å²) >= 11 is 0. The molecule has 0 amide bonds. The lowest BCUT2D eigenvalue weighted by Crippen LogP contribution is -2.38. The average molecular weight is 412 g/mol. The summed E-state index contributed by atoms with van der Waals surface area (Å²) in [6, 6.07) is 12.4. The Morgan fingerprint density at radius 1 is 1.19 bits per heavy atom. The van der Waals surface area contributed by atoms with Crippen molar-refractivity contribution < 1.29 is 0 Å². The number of pyridine rings is 2. The van der Waals surface area contributed by atoms with E-state index in [2.05, 4.69) is 59.8 Å². The van der Waals surface area contributed by atoms with Crippen molar-refractivity contribution in [1.82, 2.24) is 14.5 Å². The molecular formula is C27H29N3O. The van der Waals surface area contributed by atoms with Crippen LogP contribution in [0.15, 0.2) is 83.8 Å². The molecule has 4 nitrogen and oxygen atoms in total. The molecule has 3 aromatic rings. The molecule has 0 saturated heterocycles. The molecule has 0 N–H and O–H groups in total. The van der Waals surface area contributed by atoms with Gasteiger partial charge in [0.1, 0.15) is 5.65 Å². The quantitative estimate of drug-likeness (QED) is 0.547. The molecule has 4 rings (SSSR count). The maximum Gasteiger partial charge on any atom is 0.257 e. The van der Waals surface area contributed by atoms with Gasteiger partial charge in [-0.25, -0.2) is 4.98 Å². The van der Waals surface area contributed by atoms with E-state index in [1.54, 1.807) is 6.20 Å². The van der Waals surface area contributed by atoms with Crippen LogP contribution in [0.4, 0.5) is 0 Å². The molecule has 1 aromatic carbocycles. The van der Waals surface area contributed by atoms with Crippen LogP contribution in [0, 0.1) is 6.92 Å². The second-order valence-corrected chi connectivity index (χ2v) is 8.14. The molecular weight excluding hydrogens is 382 g/mol. The molecule has 158 valence electrons. The average Bonchev–Trinajstić information content (AvgIpc) is 2.80. The maximum absolute atomic E-state index is 13.6. The summed E-state index contributed by atoms with van der Waals surface area (Å²) in [5.41, 5.74) is 6.38. The van der Waals surface area contributed by atoms with E-state index >= 15 is 0 Å². The van der Waals surface area contributed by atoms with Crippen molar-refractivity contribution >= 4 is 11.0 Å². The Hall–Kier alpha value is -3.24. The van der Waals surface area contributed by atoms with Gasteiger partial charge in [0.2, 0.25) is 0 Å². The van der Waals surface area contributed by atoms with Crippen molar-refractivity contribution in [3.63, 3.8) is 0 Å². The van der Waals surface area contributed by atoms with Gasteiger partial charge >= 0.3 is 0 Å². The van der Waals surface area contributed by atoms with Crippen LogP contribution in [0.5, 0.6) is 0 Å². The molecule has 31 heavy (non-hydrogen) atoms. The first-order valence-electron chi connectivity index (χ1n) is 10.8. The minimum Gasteiger partial charge on any atom is -0.294 e. The topological polar surface area (TPSA) is 38.1 Å². The molecule has 0 atom stereocenters. The zero-order chi connectivity index (χ0) is 21.8. The fourth-order valence-electron chi connectivity index (χ4n) is 4.24. The smallest absolute Gasteiger partial charge is 0.257 e. The highest BCUT2D eigenvalue weighted by Gasteiger charge is 2.24. The van der Waals surface area contributed by atoms with E-state index in [1.165, 1.54) is 5.56 Å². The highest BCUT2D eigenvalue weighted by Crippen LogP contribution is 2.25. The summed E-state index contributed by atoms with van der Waals surface area (Å²) in [5, 5.41) is 1.09. The molecule has 2 aromatic heterocycles. The van der Waals surface area contributed by atoms with Crippen LogP contribution in [0.25, 0.3) is 11.0 Å². The van der Waals surface area contributed by atoms with Gasteiger partial charge < -0.3 is 0 Å². The second kappa shape index (κ2) is 9.27. The summed E-state index contributed by atoms with van der Waals surface area (Å²) in [6.07, 6.45) is 10.7. The SMILES string of the molecule is C=C/C(=C\C=C/C)CN1CCc2c(c(=O)n(Cc3ccc(C)cc3)c3ncccc23)C1. The molecule has 0 saturated carbocycles. The lowest BCUT2D eigenvalue weighted by atomic mass is 9.97. The van der Waals surface area contributed by atoms with Crippen molar-refractivity contribution in [1.29, 1.82) is 0 Å². The maximum atomic E-state index is 13.6. The zero-order valence-electron chi connectivity index (χ0n) is 18.3. The van der Waals surface area contributed by atoms with Gasteiger partial charge in [-0.2, -0.15) is 0 Å². The van der Waals surface area contributed by atoms with E-state index in [0.29, 0.717) is 13.1 Å². The fourth-order valence-corrected chi connectivity index (χ4v) is 4.24. The van der Waals surface area contributed by atoms with E-state index in [-0.39, 0.29) is 5.56 Å². The van der Waals surface area contributed by atoms with Crippen molar-refractivity contribution in [3.8, 4) is 0 Å². The summed E-state index contributed by atoms with van der Waals surface area (Å²) < 4.78 is 1.84. The van der Waals surface area contributed by atoms with Crippen LogP contribution in [0.3, 0.4) is 0 Å². The van der Waals surface area contributed by atoms with Gasteiger partial charge in [-0.15, -0.1) is 0 Å². The van der Waals surface area contributed by atoms with Gasteiger partial charge in [-0.05, 0) is 49.1 Å². The van der Waals surface area contributed by atoms with Gasteiger partial charge in [-0.1, -0.05) is 60.7 Å². The number of benzene rings is 1. The van der Waals surface area contributed by atoms with Crippen LogP contribution in [0.1, 0.15) is 29.2 Å². The third-order valence-electron chi connectivity index (χ3n) is 5.93. The Kier molecular flexibility index (Phi) is 6.28. The highest BCUT2D eigenvalue weighted by molar-refractivity contribution is 5.80. The Morgan fingerprint density at radius 3 is 2.74 bits per heavy atom. The standard InChI is InChI=1S/C27H29N3O/c1-4-6-8-21(5-2)17-29-16-14-23-24-9-7-15-28-26(24)30(27(31)25(23)19-29)18-22-12-10-20(3)11-13-22/h4-13,15H,2,14,16-19H2,1,3H3/b6-4-,21-8+. The van der Waals surface area contributed by atoms with Crippen LogP contribution in [-0.2, 0) is 19.5 Å². The van der Waals surface area contributed by atoms with Crippen LogP contribution < -0.4 is 5.56 Å². The summed E-state index contributed by atoms with van der Waals surface area (Å²) in [4.78, 5) is 20.6. The van der Waals surface area contributed by atoms with Crippen molar-refractivity contribution in [3.05, 3.63) is 112 Å². The lowest BCUT2D eigenvalue weighted by molar-refractivity contribution is 0.276. The minimum atomic E-state index is 0.0732. The van der Waals surface area contributed by atoms with Gasteiger partial charge in [-0.3, -0.25) is 14.3 Å². The molecule has 0 spiro atoms. The molecule has 0 bridgehead atoms. The number of rotatable bonds is 6. The van der Waals surface area contributed by atoms with E-state index in [9.17, 15) is 4.79 Å². The molecule has 4 heteroatoms. The summed E-state index contributed by atoms with van der Waals surface area (Å²) in [7, 11) is 0. The number of fused-ring (bicyclic) bond motifs is 3. The van der Waals surface area contributed by atoms with Crippen molar-refractivity contribution in [2.45, 2.75) is 33.4 Å². The first kappa shape index (κ1) is 21.0. The molecule has 0 aliphatic carbocycles. The van der Waals surface area contributed by atoms with Gasteiger partial charge in [0.05, 0.1) is 6.54 Å². The monoisotopic (exact) mass is 411 g/mol. The van der Waals surface area contributed by atoms with Gasteiger partial charge in [0.25, 0.3) is 5.56 Å². The number of nitrogens with zero attached hydrogens (tertiary/aromatic N) is 3. The molecule has 1 aliphatic heterocycles. The van der Waals surface area contributed by atoms with E-state index < -0.39 is 0 Å². The zero-order valence-corrected chi connectivity index (χ0v) is 18.3. The first-order chi connectivity index (χ1) is 15.1. The minimum absolute atomic E-state index is 0.0732. The number of allylic oxidation sites excluding steroid dienone is 3. The Bertz CT molecular complexity index is 1220. The molecule has 1 aliphatic rings. The lowest BCUT2D eigenvalue weighted by Gasteiger charge is -2.30. The Morgan fingerprint density at radius 2 is 2.00 bits per heavy atom. The normalized spacial score (nSPS) is 14.8. The summed E-state index contributed by atoms with van der Waals surface area (Å²) in [5.74, 6) is 0. The summed E-state index contributed by atoms with van der Waals surface area (Å²) in [6.45, 7) is 10.9. The van der Waals surface area contributed by atoms with E-state index in [1.807, 2.05) is 35.8 Å². The third kappa shape index (κ3) is 4.44. The van der Waals surface area contributed by atoms with Gasteiger partial charge in [0, 0.05) is 36.8 Å². The van der Waals surface area contributed by atoms with E-state index in [0.717, 1.165) is 52.8 Å². The first-order valence-corrected chi connectivity index (χ1v) is 10.8. The predicted molar refractivity (Wildman–Crippen MR) is 128 cm³/mol. The van der Waals surface area contributed by atoms with E-state index in [4.69, 9.17) is 0 Å². The fraction of sp³-hybridized carbons (Fsp3) is 0.259. The number of hydrogen-bond acceptors (Lipinski definition) is 3. The molecule has 3 heterocycles. The predicted octanol–water partition coefficient (Wildman–Crippen LogP) is 4.80. The van der Waals surface area contributed by atoms with Gasteiger partial charge in [0.15, 0.2) is 0 Å². The molecule has 0 radical (unpaired) electrons. The number of aryl methyl sites for hydroxylation is 1. The molecule has 0 fully saturated rings. The van der Waals surface area contributed by atoms with Crippen LogP contribution in [0.2, 0.25) is 0 Å². The second-order valence-electron chi connectivity index (χ2n) is 8.14. The van der Waals surface area contributed by atoms with Crippen molar-refractivity contribution in [2.24, 2.45) is 0 Å². The highest BCUT2D eigenvalue weighted by atomic mass is 16.1. The van der Waals surface area contributed by atoms with Crippen LogP contribution in [-0.4, -0.2) is 27.5 Å².